The number of ether oxygens (including phenoxy) is 1. The fourth-order valence-electron chi connectivity index (χ4n) is 3.96. The summed E-state index contributed by atoms with van der Waals surface area (Å²) < 4.78 is 6.07. The van der Waals surface area contributed by atoms with Gasteiger partial charge in [0.25, 0.3) is 0 Å². The molecule has 2 heteroatoms. The van der Waals surface area contributed by atoms with Gasteiger partial charge < -0.3 is 10.1 Å². The molecule has 0 aromatic heterocycles. The number of rotatable bonds is 5. The van der Waals surface area contributed by atoms with Crippen LogP contribution in [0.15, 0.2) is 0 Å². The molecule has 0 aromatic rings. The highest BCUT2D eigenvalue weighted by molar-refractivity contribution is 4.77. The van der Waals surface area contributed by atoms with Crippen molar-refractivity contribution in [3.63, 3.8) is 0 Å². The molecule has 0 bridgehead atoms. The summed E-state index contributed by atoms with van der Waals surface area (Å²) in [6, 6.07) is 0.754. The van der Waals surface area contributed by atoms with Gasteiger partial charge in [0, 0.05) is 12.6 Å². The SMILES string of the molecule is CC1CCC(NCCOC2CC(C)CC(C)C2)CC1. The molecule has 2 nitrogen and oxygen atoms in total. The Morgan fingerprint density at radius 1 is 0.842 bits per heavy atom. The molecule has 0 heterocycles. The third kappa shape index (κ3) is 5.43. The third-order valence-corrected chi connectivity index (χ3v) is 5.04. The summed E-state index contributed by atoms with van der Waals surface area (Å²) in [4.78, 5) is 0. The van der Waals surface area contributed by atoms with Gasteiger partial charge in [-0.25, -0.2) is 0 Å². The lowest BCUT2D eigenvalue weighted by Gasteiger charge is -2.32. The predicted octanol–water partition coefficient (Wildman–Crippen LogP) is 4.00. The van der Waals surface area contributed by atoms with E-state index in [9.17, 15) is 0 Å². The Kier molecular flexibility index (Phi) is 6.15. The molecule has 0 amide bonds. The fourth-order valence-corrected chi connectivity index (χ4v) is 3.96. The average molecular weight is 267 g/mol. The van der Waals surface area contributed by atoms with Crippen LogP contribution in [0.1, 0.15) is 65.7 Å². The van der Waals surface area contributed by atoms with Crippen LogP contribution in [0.3, 0.4) is 0 Å². The minimum Gasteiger partial charge on any atom is -0.377 e. The van der Waals surface area contributed by atoms with Crippen LogP contribution in [0.4, 0.5) is 0 Å². The third-order valence-electron chi connectivity index (χ3n) is 5.04. The molecule has 112 valence electrons. The highest BCUT2D eigenvalue weighted by atomic mass is 16.5. The Balaban J connectivity index is 1.54. The Hall–Kier alpha value is -0.0800. The van der Waals surface area contributed by atoms with Gasteiger partial charge in [0.15, 0.2) is 0 Å². The molecule has 0 aromatic carbocycles. The smallest absolute Gasteiger partial charge is 0.0594 e. The van der Waals surface area contributed by atoms with Crippen molar-refractivity contribution in [1.29, 1.82) is 0 Å². The van der Waals surface area contributed by atoms with Crippen molar-refractivity contribution in [2.45, 2.75) is 77.9 Å². The van der Waals surface area contributed by atoms with Crippen LogP contribution in [0.5, 0.6) is 0 Å². The van der Waals surface area contributed by atoms with E-state index in [0.717, 1.165) is 36.9 Å². The minimum atomic E-state index is 0.520. The molecule has 2 rings (SSSR count). The van der Waals surface area contributed by atoms with E-state index in [-0.39, 0.29) is 0 Å². The predicted molar refractivity (Wildman–Crippen MR) is 81.3 cm³/mol. The molecule has 0 saturated heterocycles. The monoisotopic (exact) mass is 267 g/mol. The van der Waals surface area contributed by atoms with Crippen molar-refractivity contribution in [2.75, 3.05) is 13.2 Å². The van der Waals surface area contributed by atoms with Crippen molar-refractivity contribution >= 4 is 0 Å². The first-order valence-corrected chi connectivity index (χ1v) is 8.48. The van der Waals surface area contributed by atoms with Gasteiger partial charge in [-0.15, -0.1) is 0 Å². The molecule has 2 atom stereocenters. The van der Waals surface area contributed by atoms with E-state index < -0.39 is 0 Å². The van der Waals surface area contributed by atoms with Crippen molar-refractivity contribution < 1.29 is 4.74 Å². The molecular formula is C17H33NO. The lowest BCUT2D eigenvalue weighted by atomic mass is 9.82. The summed E-state index contributed by atoms with van der Waals surface area (Å²) in [7, 11) is 0. The number of hydrogen-bond acceptors (Lipinski definition) is 2. The number of nitrogens with one attached hydrogen (secondary N) is 1. The zero-order chi connectivity index (χ0) is 13.7. The summed E-state index contributed by atoms with van der Waals surface area (Å²) in [5.74, 6) is 2.64. The van der Waals surface area contributed by atoms with E-state index in [0.29, 0.717) is 6.10 Å². The molecule has 0 aliphatic heterocycles. The van der Waals surface area contributed by atoms with Crippen molar-refractivity contribution in [3.8, 4) is 0 Å². The molecule has 19 heavy (non-hydrogen) atoms. The number of hydrogen-bond donors (Lipinski definition) is 1. The van der Waals surface area contributed by atoms with Gasteiger partial charge >= 0.3 is 0 Å². The van der Waals surface area contributed by atoms with E-state index in [1.165, 1.54) is 44.9 Å². The Morgan fingerprint density at radius 2 is 1.47 bits per heavy atom. The van der Waals surface area contributed by atoms with Crippen LogP contribution in [-0.4, -0.2) is 25.3 Å². The highest BCUT2D eigenvalue weighted by Gasteiger charge is 2.24. The largest absolute Gasteiger partial charge is 0.377 e. The van der Waals surface area contributed by atoms with E-state index in [2.05, 4.69) is 26.1 Å². The maximum absolute atomic E-state index is 6.07. The Labute approximate surface area is 119 Å². The van der Waals surface area contributed by atoms with Crippen LogP contribution in [-0.2, 0) is 4.74 Å². The molecular weight excluding hydrogens is 234 g/mol. The fraction of sp³-hybridized carbons (Fsp3) is 1.00. The second-order valence-corrected chi connectivity index (χ2v) is 7.32. The van der Waals surface area contributed by atoms with Crippen LogP contribution >= 0.6 is 0 Å². The molecule has 2 saturated carbocycles. The molecule has 2 aliphatic carbocycles. The molecule has 1 N–H and O–H groups in total. The molecule has 2 fully saturated rings. The van der Waals surface area contributed by atoms with Crippen molar-refractivity contribution in [1.82, 2.24) is 5.32 Å². The van der Waals surface area contributed by atoms with Crippen molar-refractivity contribution in [3.05, 3.63) is 0 Å². The minimum absolute atomic E-state index is 0.520. The lowest BCUT2D eigenvalue weighted by molar-refractivity contribution is 0.00161. The second kappa shape index (κ2) is 7.64. The van der Waals surface area contributed by atoms with Crippen LogP contribution in [0, 0.1) is 17.8 Å². The lowest BCUT2D eigenvalue weighted by Crippen LogP contribution is -2.36. The summed E-state index contributed by atoms with van der Waals surface area (Å²) >= 11 is 0. The zero-order valence-electron chi connectivity index (χ0n) is 13.2. The van der Waals surface area contributed by atoms with E-state index in [1.54, 1.807) is 0 Å². The normalized spacial score (nSPS) is 40.3. The van der Waals surface area contributed by atoms with E-state index in [1.807, 2.05) is 0 Å². The first kappa shape index (κ1) is 15.3. The highest BCUT2D eigenvalue weighted by Crippen LogP contribution is 2.30. The van der Waals surface area contributed by atoms with Gasteiger partial charge in [-0.2, -0.15) is 0 Å². The first-order chi connectivity index (χ1) is 9.13. The van der Waals surface area contributed by atoms with Gasteiger partial charge in [0.2, 0.25) is 0 Å². The van der Waals surface area contributed by atoms with Gasteiger partial charge in [0.1, 0.15) is 0 Å². The van der Waals surface area contributed by atoms with Crippen LogP contribution in [0.25, 0.3) is 0 Å². The molecule has 2 aliphatic rings. The summed E-state index contributed by atoms with van der Waals surface area (Å²) in [5.41, 5.74) is 0. The maximum Gasteiger partial charge on any atom is 0.0594 e. The quantitative estimate of drug-likeness (QED) is 0.760. The van der Waals surface area contributed by atoms with E-state index in [4.69, 9.17) is 4.74 Å². The van der Waals surface area contributed by atoms with Crippen molar-refractivity contribution in [2.24, 2.45) is 17.8 Å². The Morgan fingerprint density at radius 3 is 2.11 bits per heavy atom. The van der Waals surface area contributed by atoms with Gasteiger partial charge in [-0.05, 0) is 62.7 Å². The summed E-state index contributed by atoms with van der Waals surface area (Å²) in [6.07, 6.45) is 9.96. The Bertz CT molecular complexity index is 238. The summed E-state index contributed by atoms with van der Waals surface area (Å²) in [6.45, 7) is 9.06. The van der Waals surface area contributed by atoms with E-state index >= 15 is 0 Å². The average Bonchev–Trinajstić information content (AvgIpc) is 2.36. The molecule has 0 radical (unpaired) electrons. The molecule has 2 unspecified atom stereocenters. The maximum atomic E-state index is 6.07. The van der Waals surface area contributed by atoms with Gasteiger partial charge in [-0.1, -0.05) is 20.8 Å². The topological polar surface area (TPSA) is 21.3 Å². The first-order valence-electron chi connectivity index (χ1n) is 8.48. The standard InChI is InChI=1S/C17H33NO/c1-13-4-6-16(7-5-13)18-8-9-19-17-11-14(2)10-15(3)12-17/h13-18H,4-12H2,1-3H3. The second-order valence-electron chi connectivity index (χ2n) is 7.32. The van der Waals surface area contributed by atoms with Gasteiger partial charge in [0.05, 0.1) is 12.7 Å². The van der Waals surface area contributed by atoms with Crippen LogP contribution < -0.4 is 5.32 Å². The molecule has 0 spiro atoms. The van der Waals surface area contributed by atoms with Crippen LogP contribution in [0.2, 0.25) is 0 Å². The zero-order valence-corrected chi connectivity index (χ0v) is 13.2. The summed E-state index contributed by atoms with van der Waals surface area (Å²) in [5, 5.41) is 3.68. The van der Waals surface area contributed by atoms with Gasteiger partial charge in [-0.3, -0.25) is 0 Å².